The maximum atomic E-state index is 12.6. The molecule has 43 heavy (non-hydrogen) atoms. The van der Waals surface area contributed by atoms with Crippen LogP contribution < -0.4 is 0 Å². The third kappa shape index (κ3) is 7.36. The minimum absolute atomic E-state index is 0.150. The highest BCUT2D eigenvalue weighted by molar-refractivity contribution is 9.10. The molecule has 4 aromatic rings. The summed E-state index contributed by atoms with van der Waals surface area (Å²) in [6.45, 7) is 6.13. The third-order valence-corrected chi connectivity index (χ3v) is 8.18. The molecule has 1 heterocycles. The molecule has 3 unspecified atom stereocenters. The van der Waals surface area contributed by atoms with Gasteiger partial charge in [-0.25, -0.2) is 4.79 Å². The van der Waals surface area contributed by atoms with Crippen molar-refractivity contribution in [1.82, 2.24) is 5.06 Å². The largest absolute Gasteiger partial charge is 0.528 e. The van der Waals surface area contributed by atoms with Gasteiger partial charge < -0.3 is 19.4 Å². The van der Waals surface area contributed by atoms with E-state index in [1.807, 2.05) is 78.9 Å². The van der Waals surface area contributed by atoms with Crippen LogP contribution in [0.5, 0.6) is 0 Å². The number of hydroxylamine groups is 2. The second kappa shape index (κ2) is 13.4. The van der Waals surface area contributed by atoms with Crippen LogP contribution in [0.25, 0.3) is 0 Å². The molecule has 1 aliphatic rings. The second-order valence-electron chi connectivity index (χ2n) is 11.9. The highest BCUT2D eigenvalue weighted by Crippen LogP contribution is 2.43. The molecule has 0 aromatic heterocycles. The molecule has 0 aliphatic carbocycles. The van der Waals surface area contributed by atoms with E-state index >= 15 is 0 Å². The van der Waals surface area contributed by atoms with Gasteiger partial charge in [0.05, 0.1) is 19.3 Å². The standard InChI is InChI=1S/C36H38BrNO5/c1-35(2,3)42-34(40)43-38-23-27(33(32(39)24-38)26-19-21-31(37)22-20-26)25-41-36(28-13-7-4-8-14-28,29-15-9-5-10-16-29)30-17-11-6-12-18-30/h4-22,27,32-33,39H,23-25H2,1-3H3. The number of carbonyl (C=O) groups is 1. The number of hydrogen-bond donors (Lipinski definition) is 1. The lowest BCUT2D eigenvalue weighted by atomic mass is 9.78. The summed E-state index contributed by atoms with van der Waals surface area (Å²) in [5.41, 5.74) is 2.34. The molecule has 1 saturated heterocycles. The average Bonchev–Trinajstić information content (AvgIpc) is 2.99. The molecule has 1 aliphatic heterocycles. The average molecular weight is 645 g/mol. The van der Waals surface area contributed by atoms with Crippen molar-refractivity contribution in [2.45, 2.75) is 44.0 Å². The van der Waals surface area contributed by atoms with Crippen molar-refractivity contribution < 1.29 is 24.2 Å². The number of aliphatic hydroxyl groups excluding tert-OH is 1. The lowest BCUT2D eigenvalue weighted by Crippen LogP contribution is -2.51. The normalized spacial score (nSPS) is 19.5. The summed E-state index contributed by atoms with van der Waals surface area (Å²) in [6.07, 6.45) is -1.61. The highest BCUT2D eigenvalue weighted by atomic mass is 79.9. The zero-order chi connectivity index (χ0) is 30.5. The van der Waals surface area contributed by atoms with Crippen molar-refractivity contribution in [1.29, 1.82) is 0 Å². The number of halogens is 1. The molecule has 5 rings (SSSR count). The second-order valence-corrected chi connectivity index (χ2v) is 12.8. The zero-order valence-electron chi connectivity index (χ0n) is 24.7. The summed E-state index contributed by atoms with van der Waals surface area (Å²) in [6, 6.07) is 38.6. The molecule has 0 spiro atoms. The highest BCUT2D eigenvalue weighted by Gasteiger charge is 2.43. The van der Waals surface area contributed by atoms with Crippen LogP contribution in [-0.4, -0.2) is 47.7 Å². The fourth-order valence-electron chi connectivity index (χ4n) is 5.87. The Morgan fingerprint density at radius 3 is 1.74 bits per heavy atom. The summed E-state index contributed by atoms with van der Waals surface area (Å²) in [5.74, 6) is -0.491. The van der Waals surface area contributed by atoms with Crippen molar-refractivity contribution in [3.05, 3.63) is 142 Å². The van der Waals surface area contributed by atoms with Crippen molar-refractivity contribution >= 4 is 22.1 Å². The van der Waals surface area contributed by atoms with Gasteiger partial charge in [0.2, 0.25) is 0 Å². The molecule has 0 bridgehead atoms. The van der Waals surface area contributed by atoms with E-state index < -0.39 is 23.5 Å². The molecule has 224 valence electrons. The fraction of sp³-hybridized carbons (Fsp3) is 0.306. The molecule has 6 nitrogen and oxygen atoms in total. The van der Waals surface area contributed by atoms with Gasteiger partial charge in [0.15, 0.2) is 0 Å². The van der Waals surface area contributed by atoms with Crippen LogP contribution in [0.1, 0.15) is 48.9 Å². The van der Waals surface area contributed by atoms with Gasteiger partial charge in [-0.2, -0.15) is 0 Å². The number of carbonyl (C=O) groups excluding carboxylic acids is 1. The minimum atomic E-state index is -0.923. The van der Waals surface area contributed by atoms with Crippen molar-refractivity contribution in [3.63, 3.8) is 0 Å². The van der Waals surface area contributed by atoms with Crippen LogP contribution >= 0.6 is 15.9 Å². The van der Waals surface area contributed by atoms with Gasteiger partial charge in [0, 0.05) is 22.9 Å². The van der Waals surface area contributed by atoms with Crippen LogP contribution in [0.3, 0.4) is 0 Å². The summed E-state index contributed by atoms with van der Waals surface area (Å²) < 4.78 is 13.5. The van der Waals surface area contributed by atoms with Gasteiger partial charge >= 0.3 is 6.16 Å². The van der Waals surface area contributed by atoms with E-state index in [2.05, 4.69) is 52.3 Å². The summed E-state index contributed by atoms with van der Waals surface area (Å²) in [5, 5.41) is 13.0. The lowest BCUT2D eigenvalue weighted by Gasteiger charge is -2.43. The first-order chi connectivity index (χ1) is 20.7. The molecule has 0 saturated carbocycles. The molecule has 4 aromatic carbocycles. The van der Waals surface area contributed by atoms with E-state index in [0.29, 0.717) is 6.54 Å². The van der Waals surface area contributed by atoms with Crippen LogP contribution in [0.15, 0.2) is 120 Å². The molecule has 1 fully saturated rings. The van der Waals surface area contributed by atoms with Crippen LogP contribution in [0.4, 0.5) is 4.79 Å². The topological polar surface area (TPSA) is 68.2 Å². The van der Waals surface area contributed by atoms with Gasteiger partial charge in [0.25, 0.3) is 0 Å². The first kappa shape index (κ1) is 31.0. The Labute approximate surface area is 262 Å². The van der Waals surface area contributed by atoms with Crippen molar-refractivity contribution in [2.75, 3.05) is 19.7 Å². The number of piperidine rings is 1. The van der Waals surface area contributed by atoms with Gasteiger partial charge in [0.1, 0.15) is 11.2 Å². The summed E-state index contributed by atoms with van der Waals surface area (Å²) >= 11 is 3.53. The van der Waals surface area contributed by atoms with E-state index in [-0.39, 0.29) is 25.0 Å². The molecule has 0 radical (unpaired) electrons. The van der Waals surface area contributed by atoms with Crippen molar-refractivity contribution in [2.24, 2.45) is 5.92 Å². The minimum Gasteiger partial charge on any atom is -0.427 e. The fourth-order valence-corrected chi connectivity index (χ4v) is 6.14. The Balaban J connectivity index is 1.54. The maximum absolute atomic E-state index is 12.6. The summed E-state index contributed by atoms with van der Waals surface area (Å²) in [7, 11) is 0. The SMILES string of the molecule is CC(C)(C)OC(=O)ON1CC(O)C(c2ccc(Br)cc2)C(COC(c2ccccc2)(c2ccccc2)c2ccccc2)C1. The first-order valence-electron chi connectivity index (χ1n) is 14.6. The number of hydrogen-bond acceptors (Lipinski definition) is 6. The predicted molar refractivity (Wildman–Crippen MR) is 170 cm³/mol. The van der Waals surface area contributed by atoms with E-state index in [1.165, 1.54) is 5.06 Å². The summed E-state index contributed by atoms with van der Waals surface area (Å²) in [4.78, 5) is 18.2. The smallest absolute Gasteiger partial charge is 0.427 e. The van der Waals surface area contributed by atoms with Gasteiger partial charge in [-0.3, -0.25) is 0 Å². The number of nitrogens with zero attached hydrogens (tertiary/aromatic N) is 1. The van der Waals surface area contributed by atoms with Crippen LogP contribution in [-0.2, 0) is 19.9 Å². The molecular formula is C36H38BrNO5. The molecule has 0 amide bonds. The van der Waals surface area contributed by atoms with Gasteiger partial charge in [-0.05, 0) is 55.2 Å². The van der Waals surface area contributed by atoms with Crippen molar-refractivity contribution in [3.8, 4) is 0 Å². The van der Waals surface area contributed by atoms with E-state index in [4.69, 9.17) is 14.3 Å². The third-order valence-electron chi connectivity index (χ3n) is 7.65. The Morgan fingerprint density at radius 2 is 1.28 bits per heavy atom. The van der Waals surface area contributed by atoms with E-state index in [1.54, 1.807) is 20.8 Å². The first-order valence-corrected chi connectivity index (χ1v) is 15.3. The Kier molecular flexibility index (Phi) is 9.67. The van der Waals surface area contributed by atoms with E-state index in [0.717, 1.165) is 26.7 Å². The molecular weight excluding hydrogens is 606 g/mol. The molecule has 1 N–H and O–H groups in total. The van der Waals surface area contributed by atoms with E-state index in [9.17, 15) is 9.90 Å². The monoisotopic (exact) mass is 643 g/mol. The molecule has 3 atom stereocenters. The number of benzene rings is 4. The Bertz CT molecular complexity index is 1360. The van der Waals surface area contributed by atoms with Gasteiger partial charge in [-0.15, -0.1) is 5.06 Å². The number of rotatable bonds is 8. The number of aliphatic hydroxyl groups is 1. The van der Waals surface area contributed by atoms with Crippen LogP contribution in [0.2, 0.25) is 0 Å². The zero-order valence-corrected chi connectivity index (χ0v) is 26.3. The lowest BCUT2D eigenvalue weighted by molar-refractivity contribution is -0.189. The number of ether oxygens (including phenoxy) is 2. The van der Waals surface area contributed by atoms with Crippen LogP contribution in [0, 0.1) is 5.92 Å². The predicted octanol–water partition coefficient (Wildman–Crippen LogP) is 7.70. The Hall–Kier alpha value is -3.49. The number of β-amino-alcohol motifs (C(OH)–C–C–N with tert-alkyl or cyclic N) is 1. The quantitative estimate of drug-likeness (QED) is 0.157. The maximum Gasteiger partial charge on any atom is 0.528 e. The van der Waals surface area contributed by atoms with Gasteiger partial charge in [-0.1, -0.05) is 119 Å². The Morgan fingerprint density at radius 1 is 0.791 bits per heavy atom. The molecule has 7 heteroatoms.